The molecule has 208 valence electrons. The quantitative estimate of drug-likeness (QED) is 0.354. The minimum Gasteiger partial charge on any atom is -0.381 e. The molecule has 4 heterocycles. The van der Waals surface area contributed by atoms with Gasteiger partial charge in [0.2, 0.25) is 0 Å². The highest BCUT2D eigenvalue weighted by molar-refractivity contribution is 6.30. The van der Waals surface area contributed by atoms with E-state index in [0.29, 0.717) is 58.2 Å². The Morgan fingerprint density at radius 3 is 2.63 bits per heavy atom. The van der Waals surface area contributed by atoms with Gasteiger partial charge in [0.05, 0.1) is 36.7 Å². The third-order valence-electron chi connectivity index (χ3n) is 7.80. The second-order valence-corrected chi connectivity index (χ2v) is 11.0. The fourth-order valence-electron chi connectivity index (χ4n) is 5.55. The van der Waals surface area contributed by atoms with Gasteiger partial charge in [-0.15, -0.1) is 0 Å². The zero-order chi connectivity index (χ0) is 28.8. The van der Waals surface area contributed by atoms with Gasteiger partial charge in [0.1, 0.15) is 11.7 Å². The Morgan fingerprint density at radius 2 is 2.00 bits per heavy atom. The maximum absolute atomic E-state index is 14.4. The van der Waals surface area contributed by atoms with E-state index in [-0.39, 0.29) is 18.6 Å². The van der Waals surface area contributed by atoms with E-state index >= 15 is 0 Å². The number of hydrogen-bond acceptors (Lipinski definition) is 7. The molecule has 1 N–H and O–H groups in total. The molecule has 1 unspecified atom stereocenters. The Hall–Kier alpha value is -4.07. The van der Waals surface area contributed by atoms with Crippen molar-refractivity contribution in [2.45, 2.75) is 37.3 Å². The van der Waals surface area contributed by atoms with Gasteiger partial charge < -0.3 is 14.6 Å². The minimum absolute atomic E-state index is 0.115. The highest BCUT2D eigenvalue weighted by Crippen LogP contribution is 2.48. The fourth-order valence-corrected chi connectivity index (χ4v) is 5.68. The van der Waals surface area contributed by atoms with Crippen molar-refractivity contribution < 1.29 is 19.4 Å². The summed E-state index contributed by atoms with van der Waals surface area (Å²) in [5, 5.41) is 25.6. The number of aryl methyl sites for hydroxylation is 1. The van der Waals surface area contributed by atoms with Crippen molar-refractivity contribution in [1.29, 1.82) is 5.26 Å². The molecule has 0 radical (unpaired) electrons. The van der Waals surface area contributed by atoms with Crippen LogP contribution in [0.2, 0.25) is 5.02 Å². The van der Waals surface area contributed by atoms with E-state index in [2.05, 4.69) is 16.2 Å². The molecule has 0 saturated carbocycles. The zero-order valence-electron chi connectivity index (χ0n) is 22.6. The Morgan fingerprint density at radius 1 is 1.20 bits per heavy atom. The number of nitriles is 1. The van der Waals surface area contributed by atoms with Gasteiger partial charge in [0, 0.05) is 53.3 Å². The van der Waals surface area contributed by atoms with E-state index in [1.807, 2.05) is 24.3 Å². The molecule has 4 aromatic rings. The van der Waals surface area contributed by atoms with E-state index in [0.717, 1.165) is 5.56 Å². The van der Waals surface area contributed by atoms with Gasteiger partial charge in [-0.05, 0) is 49.2 Å². The van der Waals surface area contributed by atoms with Crippen molar-refractivity contribution in [2.75, 3.05) is 13.2 Å². The van der Waals surface area contributed by atoms with Crippen LogP contribution in [0.15, 0.2) is 73.2 Å². The number of benzene rings is 2. The van der Waals surface area contributed by atoms with Crippen LogP contribution in [-0.4, -0.2) is 50.0 Å². The third kappa shape index (κ3) is 4.69. The van der Waals surface area contributed by atoms with Crippen LogP contribution in [0.3, 0.4) is 0 Å². The molecule has 1 saturated heterocycles. The monoisotopic (exact) mass is 569 g/mol. The second-order valence-electron chi connectivity index (χ2n) is 10.5. The second kappa shape index (κ2) is 10.4. The summed E-state index contributed by atoms with van der Waals surface area (Å²) >= 11 is 6.28. The molecule has 2 aliphatic rings. The summed E-state index contributed by atoms with van der Waals surface area (Å²) in [6.45, 7) is 2.76. The average molecular weight is 570 g/mol. The van der Waals surface area contributed by atoms with Crippen molar-refractivity contribution >= 4 is 17.5 Å². The molecule has 9 nitrogen and oxygen atoms in total. The first-order chi connectivity index (χ1) is 19.7. The lowest BCUT2D eigenvalue weighted by Crippen LogP contribution is -2.48. The van der Waals surface area contributed by atoms with Crippen LogP contribution in [0.25, 0.3) is 0 Å². The number of nitrogens with zero attached hydrogens (tertiary/aromatic N) is 5. The molecule has 1 fully saturated rings. The van der Waals surface area contributed by atoms with E-state index in [9.17, 15) is 15.2 Å². The molecule has 0 bridgehead atoms. The average Bonchev–Trinajstić information content (AvgIpc) is 3.71. The first kappa shape index (κ1) is 27.1. The van der Waals surface area contributed by atoms with E-state index in [4.69, 9.17) is 21.1 Å². The molecule has 10 heteroatoms. The number of carbonyl (C=O) groups excluding carboxylic acids is 1. The fraction of sp³-hybridized carbons (Fsp3) is 0.290. The predicted octanol–water partition coefficient (Wildman–Crippen LogP) is 4.26. The molecule has 3 atom stereocenters. The van der Waals surface area contributed by atoms with Gasteiger partial charge in [-0.2, -0.15) is 10.4 Å². The maximum atomic E-state index is 14.4. The first-order valence-electron chi connectivity index (χ1n) is 13.3. The zero-order valence-corrected chi connectivity index (χ0v) is 23.4. The largest absolute Gasteiger partial charge is 0.381 e. The van der Waals surface area contributed by atoms with Crippen LogP contribution < -0.4 is 0 Å². The number of hydrogen-bond donors (Lipinski definition) is 1. The summed E-state index contributed by atoms with van der Waals surface area (Å²) in [5.41, 5.74) is 1.25. The predicted molar refractivity (Wildman–Crippen MR) is 150 cm³/mol. The third-order valence-corrected chi connectivity index (χ3v) is 8.06. The van der Waals surface area contributed by atoms with Crippen LogP contribution in [0.1, 0.15) is 57.2 Å². The van der Waals surface area contributed by atoms with Crippen molar-refractivity contribution in [2.24, 2.45) is 7.05 Å². The Balaban J connectivity index is 1.53. The van der Waals surface area contributed by atoms with Crippen LogP contribution in [0.5, 0.6) is 0 Å². The van der Waals surface area contributed by atoms with Crippen LogP contribution in [0.4, 0.5) is 0 Å². The molecule has 2 aliphatic heterocycles. The molecule has 0 aliphatic carbocycles. The van der Waals surface area contributed by atoms with Crippen molar-refractivity contribution in [3.63, 3.8) is 0 Å². The van der Waals surface area contributed by atoms with Gasteiger partial charge >= 0.3 is 0 Å². The van der Waals surface area contributed by atoms with Gasteiger partial charge in [-0.3, -0.25) is 19.4 Å². The number of halogens is 1. The van der Waals surface area contributed by atoms with Gasteiger partial charge in [-0.25, -0.2) is 0 Å². The maximum Gasteiger partial charge on any atom is 0.257 e. The number of amides is 1. The molecular weight excluding hydrogens is 542 g/mol. The van der Waals surface area contributed by atoms with Crippen LogP contribution in [0, 0.1) is 11.3 Å². The van der Waals surface area contributed by atoms with Crippen LogP contribution in [-0.2, 0) is 34.4 Å². The molecule has 2 aromatic carbocycles. The number of ether oxygens (including phenoxy) is 2. The normalized spacial score (nSPS) is 21.5. The minimum atomic E-state index is -1.39. The standard InChI is InChI=1S/C31H28ClN5O4/c1-30(39,23-16-35-36(2)17-23)22-6-10-28-27(13-22)29(38)37(18-25-9-3-20(14-33)15-34-25)31(28,41-26-11-12-40-19-26)21-4-7-24(32)8-5-21/h3-10,13,15-17,26,39H,11-12,18-19H2,1-2H3/t26-,30?,31+/m0/s1. The topological polar surface area (TPSA) is 114 Å². The lowest BCUT2D eigenvalue weighted by atomic mass is 9.86. The lowest BCUT2D eigenvalue weighted by Gasteiger charge is -2.41. The highest BCUT2D eigenvalue weighted by atomic mass is 35.5. The Kier molecular flexibility index (Phi) is 6.88. The number of fused-ring (bicyclic) bond motifs is 1. The molecule has 2 aromatic heterocycles. The summed E-state index contributed by atoms with van der Waals surface area (Å²) in [4.78, 5) is 20.5. The number of rotatable bonds is 7. The smallest absolute Gasteiger partial charge is 0.257 e. The van der Waals surface area contributed by atoms with Gasteiger partial charge in [0.15, 0.2) is 5.72 Å². The molecule has 6 rings (SSSR count). The highest BCUT2D eigenvalue weighted by Gasteiger charge is 2.54. The molecule has 0 spiro atoms. The summed E-state index contributed by atoms with van der Waals surface area (Å²) in [7, 11) is 1.78. The number of aromatic nitrogens is 3. The van der Waals surface area contributed by atoms with E-state index in [1.54, 1.807) is 66.3 Å². The number of pyridine rings is 1. The summed E-state index contributed by atoms with van der Waals surface area (Å²) < 4.78 is 14.2. The van der Waals surface area contributed by atoms with E-state index < -0.39 is 11.3 Å². The van der Waals surface area contributed by atoms with Crippen molar-refractivity contribution in [1.82, 2.24) is 19.7 Å². The summed E-state index contributed by atoms with van der Waals surface area (Å²) in [6, 6.07) is 18.2. The summed E-state index contributed by atoms with van der Waals surface area (Å²) in [6.07, 6.45) is 5.26. The van der Waals surface area contributed by atoms with Crippen molar-refractivity contribution in [3.8, 4) is 6.07 Å². The first-order valence-corrected chi connectivity index (χ1v) is 13.7. The number of carbonyl (C=O) groups is 1. The van der Waals surface area contributed by atoms with E-state index in [1.165, 1.54) is 6.20 Å². The Bertz CT molecular complexity index is 1640. The summed E-state index contributed by atoms with van der Waals surface area (Å²) in [5.74, 6) is -0.274. The molecular formula is C31H28ClN5O4. The molecule has 1 amide bonds. The number of aliphatic hydroxyl groups is 1. The SMILES string of the molecule is Cn1cc(C(C)(O)c2ccc3c(c2)C(=O)N(Cc2ccc(C#N)cn2)[C@@]3(O[C@H]2CCOC2)c2ccc(Cl)cc2)cn1. The van der Waals surface area contributed by atoms with Gasteiger partial charge in [0.25, 0.3) is 5.91 Å². The van der Waals surface area contributed by atoms with Crippen molar-refractivity contribution in [3.05, 3.63) is 117 Å². The molecule has 41 heavy (non-hydrogen) atoms. The Labute approximate surface area is 242 Å². The lowest BCUT2D eigenvalue weighted by molar-refractivity contribution is -0.147. The van der Waals surface area contributed by atoms with Crippen LogP contribution >= 0.6 is 11.6 Å². The van der Waals surface area contributed by atoms with Gasteiger partial charge in [-0.1, -0.05) is 35.9 Å².